The largest absolute Gasteiger partial charge is 0.378 e. The van der Waals surface area contributed by atoms with Crippen LogP contribution in [0.2, 0.25) is 0 Å². The average Bonchev–Trinajstić information content (AvgIpc) is 3.06. The first-order valence-electron chi connectivity index (χ1n) is 9.08. The normalized spacial score (nSPS) is 12.8. The predicted molar refractivity (Wildman–Crippen MR) is 106 cm³/mol. The van der Waals surface area contributed by atoms with Gasteiger partial charge in [0, 0.05) is 38.6 Å². The molecule has 0 atom stereocenters. The fourth-order valence-electron chi connectivity index (χ4n) is 3.18. The minimum atomic E-state index is -0.307. The van der Waals surface area contributed by atoms with E-state index in [-0.39, 0.29) is 17.6 Å². The van der Waals surface area contributed by atoms with E-state index in [4.69, 9.17) is 0 Å². The minimum Gasteiger partial charge on any atom is -0.378 e. The summed E-state index contributed by atoms with van der Waals surface area (Å²) < 4.78 is 1.87. The van der Waals surface area contributed by atoms with Gasteiger partial charge in [-0.15, -0.1) is 6.58 Å². The van der Waals surface area contributed by atoms with Crippen LogP contribution in [0.15, 0.2) is 36.9 Å². The summed E-state index contributed by atoms with van der Waals surface area (Å²) in [4.78, 5) is 31.6. The number of nitrogens with one attached hydrogen (secondary N) is 2. The van der Waals surface area contributed by atoms with Crippen molar-refractivity contribution >= 4 is 23.2 Å². The van der Waals surface area contributed by atoms with E-state index < -0.39 is 0 Å². The molecule has 7 heteroatoms. The third-order valence-corrected chi connectivity index (χ3v) is 4.58. The zero-order valence-electron chi connectivity index (χ0n) is 15.8. The molecule has 2 N–H and O–H groups in total. The van der Waals surface area contributed by atoms with Crippen molar-refractivity contribution in [1.29, 1.82) is 0 Å². The second kappa shape index (κ2) is 8.07. The fourth-order valence-corrected chi connectivity index (χ4v) is 3.18. The van der Waals surface area contributed by atoms with Gasteiger partial charge in [-0.3, -0.25) is 9.59 Å². The van der Waals surface area contributed by atoms with Crippen molar-refractivity contribution in [1.82, 2.24) is 14.9 Å². The molecule has 2 amide bonds. The quantitative estimate of drug-likeness (QED) is 0.769. The Morgan fingerprint density at radius 2 is 1.96 bits per heavy atom. The number of hydrogen-bond acceptors (Lipinski definition) is 4. The number of anilines is 2. The van der Waals surface area contributed by atoms with E-state index in [1.54, 1.807) is 6.08 Å². The maximum atomic E-state index is 12.8. The van der Waals surface area contributed by atoms with Crippen molar-refractivity contribution in [2.45, 2.75) is 25.8 Å². The highest BCUT2D eigenvalue weighted by molar-refractivity contribution is 6.03. The van der Waals surface area contributed by atoms with Crippen molar-refractivity contribution < 1.29 is 9.59 Å². The van der Waals surface area contributed by atoms with Crippen LogP contribution in [0, 0.1) is 0 Å². The standard InChI is InChI=1S/C20H25N5O2/c1-4-12-21-19(26)17-16-7-5-6-13-25(16)18(23-17)20(27)22-14-8-10-15(11-9-14)24(2)3/h4,8-11H,1,5-7,12-13H2,2-3H3,(H,21,26)(H,22,27). The molecule has 0 fully saturated rings. The third-order valence-electron chi connectivity index (χ3n) is 4.58. The van der Waals surface area contributed by atoms with Crippen LogP contribution in [-0.2, 0) is 13.0 Å². The Morgan fingerprint density at radius 3 is 2.63 bits per heavy atom. The molecule has 27 heavy (non-hydrogen) atoms. The molecular weight excluding hydrogens is 342 g/mol. The Bertz CT molecular complexity index is 852. The Balaban J connectivity index is 1.84. The highest BCUT2D eigenvalue weighted by Gasteiger charge is 2.27. The molecule has 2 aromatic rings. The summed E-state index contributed by atoms with van der Waals surface area (Å²) in [5.74, 6) is -0.293. The van der Waals surface area contributed by atoms with Crippen molar-refractivity contribution in [3.63, 3.8) is 0 Å². The third kappa shape index (κ3) is 4.02. The molecule has 0 radical (unpaired) electrons. The number of carbonyl (C=O) groups is 2. The molecule has 2 heterocycles. The van der Waals surface area contributed by atoms with Crippen molar-refractivity contribution in [2.24, 2.45) is 0 Å². The lowest BCUT2D eigenvalue weighted by molar-refractivity contribution is 0.0952. The maximum Gasteiger partial charge on any atom is 0.291 e. The van der Waals surface area contributed by atoms with Crippen molar-refractivity contribution in [3.05, 3.63) is 54.1 Å². The lowest BCUT2D eigenvalue weighted by Crippen LogP contribution is -2.25. The number of amides is 2. The van der Waals surface area contributed by atoms with Gasteiger partial charge in [-0.05, 0) is 43.5 Å². The molecule has 0 saturated carbocycles. The lowest BCUT2D eigenvalue weighted by Gasteiger charge is -2.17. The monoisotopic (exact) mass is 367 g/mol. The van der Waals surface area contributed by atoms with Crippen LogP contribution in [0.3, 0.4) is 0 Å². The molecule has 1 aromatic carbocycles. The van der Waals surface area contributed by atoms with Gasteiger partial charge in [0.05, 0.1) is 5.69 Å². The van der Waals surface area contributed by atoms with Gasteiger partial charge in [0.1, 0.15) is 5.69 Å². The molecule has 1 aromatic heterocycles. The van der Waals surface area contributed by atoms with Gasteiger partial charge in [0.2, 0.25) is 0 Å². The van der Waals surface area contributed by atoms with E-state index in [0.717, 1.165) is 30.6 Å². The van der Waals surface area contributed by atoms with Crippen molar-refractivity contribution in [2.75, 3.05) is 30.9 Å². The zero-order chi connectivity index (χ0) is 19.4. The number of fused-ring (bicyclic) bond motifs is 1. The van der Waals surface area contributed by atoms with Crippen LogP contribution in [0.5, 0.6) is 0 Å². The highest BCUT2D eigenvalue weighted by Crippen LogP contribution is 2.22. The van der Waals surface area contributed by atoms with E-state index in [9.17, 15) is 9.59 Å². The summed E-state index contributed by atoms with van der Waals surface area (Å²) in [6.45, 7) is 4.66. The molecule has 0 saturated heterocycles. The van der Waals surface area contributed by atoms with Gasteiger partial charge in [-0.2, -0.15) is 0 Å². The molecule has 142 valence electrons. The molecule has 3 rings (SSSR count). The summed E-state index contributed by atoms with van der Waals surface area (Å²) in [5, 5.41) is 5.63. The second-order valence-corrected chi connectivity index (χ2v) is 6.73. The Hall–Kier alpha value is -3.09. The first kappa shape index (κ1) is 18.7. The van der Waals surface area contributed by atoms with E-state index in [1.165, 1.54) is 0 Å². The number of rotatable bonds is 6. The summed E-state index contributed by atoms with van der Waals surface area (Å²) in [5.41, 5.74) is 2.91. The van der Waals surface area contributed by atoms with Crippen LogP contribution in [0.1, 0.15) is 39.6 Å². The fraction of sp³-hybridized carbons (Fsp3) is 0.350. The first-order chi connectivity index (χ1) is 13.0. The lowest BCUT2D eigenvalue weighted by atomic mass is 10.1. The smallest absolute Gasteiger partial charge is 0.291 e. The zero-order valence-corrected chi connectivity index (χ0v) is 15.8. The van der Waals surface area contributed by atoms with Gasteiger partial charge in [-0.1, -0.05) is 6.08 Å². The first-order valence-corrected chi connectivity index (χ1v) is 9.08. The molecule has 0 bridgehead atoms. The number of nitrogens with zero attached hydrogens (tertiary/aromatic N) is 3. The van der Waals surface area contributed by atoms with Crippen LogP contribution >= 0.6 is 0 Å². The van der Waals surface area contributed by atoms with Crippen molar-refractivity contribution in [3.8, 4) is 0 Å². The van der Waals surface area contributed by atoms with Gasteiger partial charge in [0.15, 0.2) is 5.82 Å². The Labute approximate surface area is 159 Å². The molecule has 1 aliphatic rings. The SMILES string of the molecule is C=CCNC(=O)c1nc(C(=O)Nc2ccc(N(C)C)cc2)n2c1CCCC2. The van der Waals surface area contributed by atoms with Crippen LogP contribution in [0.4, 0.5) is 11.4 Å². The number of aromatic nitrogens is 2. The maximum absolute atomic E-state index is 12.8. The van der Waals surface area contributed by atoms with Crippen LogP contribution in [0.25, 0.3) is 0 Å². The van der Waals surface area contributed by atoms with Gasteiger partial charge in [-0.25, -0.2) is 4.98 Å². The number of hydrogen-bond donors (Lipinski definition) is 2. The number of imidazole rings is 1. The van der Waals surface area contributed by atoms with Crippen LogP contribution < -0.4 is 15.5 Å². The molecule has 0 spiro atoms. The van der Waals surface area contributed by atoms with Crippen LogP contribution in [-0.4, -0.2) is 42.0 Å². The molecule has 1 aliphatic heterocycles. The predicted octanol–water partition coefficient (Wildman–Crippen LogP) is 2.45. The topological polar surface area (TPSA) is 79.3 Å². The summed E-state index contributed by atoms with van der Waals surface area (Å²) in [7, 11) is 3.92. The van der Waals surface area contributed by atoms with E-state index in [0.29, 0.717) is 24.5 Å². The molecule has 0 unspecified atom stereocenters. The Kier molecular flexibility index (Phi) is 5.59. The number of benzene rings is 1. The number of carbonyl (C=O) groups excluding carboxylic acids is 2. The summed E-state index contributed by atoms with van der Waals surface area (Å²) in [6.07, 6.45) is 4.31. The minimum absolute atomic E-state index is 0.269. The van der Waals surface area contributed by atoms with Gasteiger partial charge >= 0.3 is 0 Å². The Morgan fingerprint density at radius 1 is 1.22 bits per heavy atom. The molecule has 7 nitrogen and oxygen atoms in total. The van der Waals surface area contributed by atoms with Gasteiger partial charge < -0.3 is 20.1 Å². The summed E-state index contributed by atoms with van der Waals surface area (Å²) >= 11 is 0. The van der Waals surface area contributed by atoms with E-state index >= 15 is 0 Å². The molecule has 0 aliphatic carbocycles. The second-order valence-electron chi connectivity index (χ2n) is 6.73. The highest BCUT2D eigenvalue weighted by atomic mass is 16.2. The molecular formula is C20H25N5O2. The van der Waals surface area contributed by atoms with E-state index in [2.05, 4.69) is 22.2 Å². The summed E-state index contributed by atoms with van der Waals surface area (Å²) in [6, 6.07) is 7.57. The van der Waals surface area contributed by atoms with E-state index in [1.807, 2.05) is 47.8 Å². The average molecular weight is 367 g/mol. The van der Waals surface area contributed by atoms with Gasteiger partial charge in [0.25, 0.3) is 11.8 Å².